The van der Waals surface area contributed by atoms with Crippen LogP contribution in [-0.4, -0.2) is 10.1 Å². The third kappa shape index (κ3) is 2.50. The summed E-state index contributed by atoms with van der Waals surface area (Å²) in [6, 6.07) is 12.0. The van der Waals surface area contributed by atoms with Gasteiger partial charge in [-0.15, -0.1) is 0 Å². The molecule has 0 fully saturated rings. The maximum atomic E-state index is 13.4. The molecule has 0 aliphatic rings. The van der Waals surface area contributed by atoms with E-state index in [9.17, 15) is 13.9 Å². The molecule has 0 saturated carbocycles. The van der Waals surface area contributed by atoms with Crippen LogP contribution in [0.4, 0.5) is 8.78 Å². The van der Waals surface area contributed by atoms with Gasteiger partial charge in [0.25, 0.3) is 0 Å². The molecular formula is C17H13F2NO. The molecule has 2 nitrogen and oxygen atoms in total. The smallest absolute Gasteiger partial charge is 0.126 e. The molecule has 0 saturated heterocycles. The van der Waals surface area contributed by atoms with Crippen molar-refractivity contribution in [2.24, 2.45) is 0 Å². The zero-order valence-electron chi connectivity index (χ0n) is 11.3. The topological polar surface area (TPSA) is 33.1 Å². The van der Waals surface area contributed by atoms with Crippen LogP contribution < -0.4 is 0 Å². The molecule has 0 amide bonds. The van der Waals surface area contributed by atoms with E-state index in [1.165, 1.54) is 6.92 Å². The Morgan fingerprint density at radius 3 is 2.38 bits per heavy atom. The molecule has 1 atom stereocenters. The van der Waals surface area contributed by atoms with Crippen LogP contribution in [0.1, 0.15) is 18.1 Å². The van der Waals surface area contributed by atoms with Gasteiger partial charge in [-0.1, -0.05) is 18.2 Å². The standard InChI is InChI=1S/C17H13F2NO/c1-17(21,13-7-14(18)10-15(19)8-13)12-5-4-11-3-2-6-20-16(11)9-12/h2-10,21H,1H3. The fourth-order valence-electron chi connectivity index (χ4n) is 2.37. The highest BCUT2D eigenvalue weighted by molar-refractivity contribution is 5.79. The number of aliphatic hydroxyl groups is 1. The van der Waals surface area contributed by atoms with Gasteiger partial charge in [-0.3, -0.25) is 4.98 Å². The van der Waals surface area contributed by atoms with Gasteiger partial charge in [0, 0.05) is 17.6 Å². The average Bonchev–Trinajstić information content (AvgIpc) is 2.45. The number of hydrogen-bond donors (Lipinski definition) is 1. The van der Waals surface area contributed by atoms with Gasteiger partial charge >= 0.3 is 0 Å². The van der Waals surface area contributed by atoms with Gasteiger partial charge in [-0.25, -0.2) is 8.78 Å². The Morgan fingerprint density at radius 2 is 1.67 bits per heavy atom. The first-order valence-electron chi connectivity index (χ1n) is 6.51. The van der Waals surface area contributed by atoms with E-state index < -0.39 is 17.2 Å². The minimum absolute atomic E-state index is 0.162. The Hall–Kier alpha value is -2.33. The van der Waals surface area contributed by atoms with E-state index >= 15 is 0 Å². The lowest BCUT2D eigenvalue weighted by atomic mass is 9.87. The maximum Gasteiger partial charge on any atom is 0.126 e. The largest absolute Gasteiger partial charge is 0.381 e. The van der Waals surface area contributed by atoms with Crippen molar-refractivity contribution in [2.75, 3.05) is 0 Å². The van der Waals surface area contributed by atoms with E-state index in [0.29, 0.717) is 11.1 Å². The minimum Gasteiger partial charge on any atom is -0.381 e. The predicted molar refractivity (Wildman–Crippen MR) is 76.8 cm³/mol. The fourth-order valence-corrected chi connectivity index (χ4v) is 2.37. The molecule has 4 heteroatoms. The molecule has 1 N–H and O–H groups in total. The molecule has 2 aromatic carbocycles. The quantitative estimate of drug-likeness (QED) is 0.777. The zero-order valence-corrected chi connectivity index (χ0v) is 11.3. The van der Waals surface area contributed by atoms with Crippen molar-refractivity contribution < 1.29 is 13.9 Å². The number of fused-ring (bicyclic) bond motifs is 1. The Labute approximate surface area is 120 Å². The fraction of sp³-hybridized carbons (Fsp3) is 0.118. The molecule has 3 rings (SSSR count). The normalized spacial score (nSPS) is 14.1. The van der Waals surface area contributed by atoms with Crippen molar-refractivity contribution in [3.05, 3.63) is 77.5 Å². The molecule has 0 aliphatic carbocycles. The van der Waals surface area contributed by atoms with Crippen LogP contribution in [0.15, 0.2) is 54.7 Å². The molecule has 21 heavy (non-hydrogen) atoms. The molecular weight excluding hydrogens is 272 g/mol. The van der Waals surface area contributed by atoms with Crippen LogP contribution in [0.2, 0.25) is 0 Å². The van der Waals surface area contributed by atoms with Crippen LogP contribution in [0, 0.1) is 11.6 Å². The Balaban J connectivity index is 2.14. The van der Waals surface area contributed by atoms with Crippen molar-refractivity contribution in [1.82, 2.24) is 4.98 Å². The second-order valence-corrected chi connectivity index (χ2v) is 5.14. The summed E-state index contributed by atoms with van der Waals surface area (Å²) in [5, 5.41) is 11.6. The highest BCUT2D eigenvalue weighted by atomic mass is 19.1. The molecule has 3 aromatic rings. The second kappa shape index (κ2) is 4.90. The lowest BCUT2D eigenvalue weighted by molar-refractivity contribution is 0.102. The van der Waals surface area contributed by atoms with Crippen LogP contribution in [-0.2, 0) is 5.60 Å². The Kier molecular flexibility index (Phi) is 3.18. The van der Waals surface area contributed by atoms with Crippen molar-refractivity contribution in [2.45, 2.75) is 12.5 Å². The number of pyridine rings is 1. The summed E-state index contributed by atoms with van der Waals surface area (Å²) in [5.41, 5.74) is -0.101. The molecule has 1 unspecified atom stereocenters. The summed E-state index contributed by atoms with van der Waals surface area (Å²) in [6.07, 6.45) is 1.66. The van der Waals surface area contributed by atoms with Gasteiger partial charge < -0.3 is 5.11 Å². The summed E-state index contributed by atoms with van der Waals surface area (Å²) in [6.45, 7) is 1.51. The van der Waals surface area contributed by atoms with E-state index in [0.717, 1.165) is 23.6 Å². The van der Waals surface area contributed by atoms with Crippen LogP contribution in [0.5, 0.6) is 0 Å². The summed E-state index contributed by atoms with van der Waals surface area (Å²) in [7, 11) is 0. The number of halogens is 2. The summed E-state index contributed by atoms with van der Waals surface area (Å²) < 4.78 is 26.7. The van der Waals surface area contributed by atoms with Crippen molar-refractivity contribution in [3.63, 3.8) is 0 Å². The first-order chi connectivity index (χ1) is 9.96. The third-order valence-electron chi connectivity index (χ3n) is 3.59. The van der Waals surface area contributed by atoms with E-state index in [1.54, 1.807) is 18.3 Å². The predicted octanol–water partition coefficient (Wildman–Crippen LogP) is 3.77. The molecule has 106 valence electrons. The lowest BCUT2D eigenvalue weighted by Gasteiger charge is -2.25. The van der Waals surface area contributed by atoms with Gasteiger partial charge in [0.2, 0.25) is 0 Å². The van der Waals surface area contributed by atoms with Crippen molar-refractivity contribution in [1.29, 1.82) is 0 Å². The highest BCUT2D eigenvalue weighted by Gasteiger charge is 2.27. The molecule has 0 bridgehead atoms. The van der Waals surface area contributed by atoms with Gasteiger partial charge in [-0.2, -0.15) is 0 Å². The molecule has 0 radical (unpaired) electrons. The molecule has 0 spiro atoms. The highest BCUT2D eigenvalue weighted by Crippen LogP contribution is 2.31. The maximum absolute atomic E-state index is 13.4. The van der Waals surface area contributed by atoms with E-state index in [1.807, 2.05) is 18.2 Å². The number of nitrogens with zero attached hydrogens (tertiary/aromatic N) is 1. The summed E-state index contributed by atoms with van der Waals surface area (Å²) >= 11 is 0. The van der Waals surface area contributed by atoms with Gasteiger partial charge in [0.1, 0.15) is 17.2 Å². The van der Waals surface area contributed by atoms with Crippen molar-refractivity contribution in [3.8, 4) is 0 Å². The zero-order chi connectivity index (χ0) is 15.0. The first-order valence-corrected chi connectivity index (χ1v) is 6.51. The summed E-state index contributed by atoms with van der Waals surface area (Å²) in [4.78, 5) is 4.22. The van der Waals surface area contributed by atoms with Gasteiger partial charge in [0.15, 0.2) is 0 Å². The van der Waals surface area contributed by atoms with E-state index in [-0.39, 0.29) is 5.56 Å². The lowest BCUT2D eigenvalue weighted by Crippen LogP contribution is -2.23. The molecule has 1 heterocycles. The number of aromatic nitrogens is 1. The van der Waals surface area contributed by atoms with E-state index in [4.69, 9.17) is 0 Å². The van der Waals surface area contributed by atoms with Crippen LogP contribution in [0.3, 0.4) is 0 Å². The van der Waals surface area contributed by atoms with Crippen molar-refractivity contribution >= 4 is 10.9 Å². The Bertz CT molecular complexity index is 794. The molecule has 0 aliphatic heterocycles. The third-order valence-corrected chi connectivity index (χ3v) is 3.59. The van der Waals surface area contributed by atoms with Gasteiger partial charge in [-0.05, 0) is 42.3 Å². The van der Waals surface area contributed by atoms with Gasteiger partial charge in [0.05, 0.1) is 5.52 Å². The monoisotopic (exact) mass is 285 g/mol. The average molecular weight is 285 g/mol. The number of benzene rings is 2. The van der Waals surface area contributed by atoms with Crippen LogP contribution in [0.25, 0.3) is 10.9 Å². The summed E-state index contributed by atoms with van der Waals surface area (Å²) in [5.74, 6) is -1.44. The Morgan fingerprint density at radius 1 is 0.952 bits per heavy atom. The number of hydrogen-bond acceptors (Lipinski definition) is 2. The van der Waals surface area contributed by atoms with Crippen LogP contribution >= 0.6 is 0 Å². The van der Waals surface area contributed by atoms with E-state index in [2.05, 4.69) is 4.98 Å². The second-order valence-electron chi connectivity index (χ2n) is 5.14. The number of rotatable bonds is 2. The molecule has 1 aromatic heterocycles. The minimum atomic E-state index is -1.51. The SMILES string of the molecule is CC(O)(c1cc(F)cc(F)c1)c1ccc2cccnc2c1. The first kappa shape index (κ1) is 13.6.